The van der Waals surface area contributed by atoms with Crippen LogP contribution < -0.4 is 4.90 Å². The normalized spacial score (nSPS) is 15.6. The van der Waals surface area contributed by atoms with Crippen molar-refractivity contribution in [2.45, 2.75) is 19.3 Å². The molecule has 0 spiro atoms. The molecule has 1 fully saturated rings. The molecule has 3 nitrogen and oxygen atoms in total. The lowest BCUT2D eigenvalue weighted by molar-refractivity contribution is 0.562. The summed E-state index contributed by atoms with van der Waals surface area (Å²) in [7, 11) is 2.05. The van der Waals surface area contributed by atoms with Gasteiger partial charge in [0.25, 0.3) is 0 Å². The van der Waals surface area contributed by atoms with E-state index in [-0.39, 0.29) is 24.8 Å². The first kappa shape index (κ1) is 13.6. The Morgan fingerprint density at radius 2 is 1.79 bits per heavy atom. The molecule has 0 saturated carbocycles. The van der Waals surface area contributed by atoms with Crippen LogP contribution in [0.3, 0.4) is 0 Å². The van der Waals surface area contributed by atoms with E-state index in [9.17, 15) is 0 Å². The predicted molar refractivity (Wildman–Crippen MR) is 63.8 cm³/mol. The number of hydrogen-bond acceptors (Lipinski definition) is 2. The molecule has 1 saturated heterocycles. The van der Waals surface area contributed by atoms with E-state index >= 15 is 0 Å². The second kappa shape index (κ2) is 6.14. The van der Waals surface area contributed by atoms with Gasteiger partial charge < -0.3 is 9.47 Å². The van der Waals surface area contributed by atoms with E-state index in [0.29, 0.717) is 0 Å². The maximum atomic E-state index is 4.33. The maximum absolute atomic E-state index is 4.33. The lowest BCUT2D eigenvalue weighted by atomic mass is 10.1. The first-order valence-corrected chi connectivity index (χ1v) is 4.60. The fraction of sp³-hybridized carbons (Fsp3) is 0.667. The second-order valence-electron chi connectivity index (χ2n) is 3.39. The molecule has 14 heavy (non-hydrogen) atoms. The van der Waals surface area contributed by atoms with Crippen molar-refractivity contribution < 1.29 is 0 Å². The highest BCUT2D eigenvalue weighted by molar-refractivity contribution is 5.85. The van der Waals surface area contributed by atoms with Crippen LogP contribution in [0, 0.1) is 0 Å². The number of aryl methyl sites for hydroxylation is 1. The van der Waals surface area contributed by atoms with Crippen molar-refractivity contribution in [1.82, 2.24) is 9.55 Å². The fourth-order valence-corrected chi connectivity index (χ4v) is 1.76. The summed E-state index contributed by atoms with van der Waals surface area (Å²) in [6, 6.07) is 0. The Kier molecular flexibility index (Phi) is 5.96. The molecule has 5 heteroatoms. The van der Waals surface area contributed by atoms with Crippen LogP contribution in [0.15, 0.2) is 12.4 Å². The topological polar surface area (TPSA) is 21.1 Å². The number of halogens is 2. The van der Waals surface area contributed by atoms with Crippen molar-refractivity contribution >= 4 is 30.8 Å². The average Bonchev–Trinajstić information content (AvgIpc) is 2.53. The molecule has 1 aromatic rings. The number of aromatic nitrogens is 2. The van der Waals surface area contributed by atoms with E-state index in [0.717, 1.165) is 5.95 Å². The van der Waals surface area contributed by atoms with Crippen LogP contribution in [0.2, 0.25) is 0 Å². The van der Waals surface area contributed by atoms with Crippen LogP contribution in [0.5, 0.6) is 0 Å². The Morgan fingerprint density at radius 3 is 2.29 bits per heavy atom. The maximum Gasteiger partial charge on any atom is 0.205 e. The summed E-state index contributed by atoms with van der Waals surface area (Å²) in [5.41, 5.74) is 0. The van der Waals surface area contributed by atoms with Gasteiger partial charge in [-0.2, -0.15) is 0 Å². The van der Waals surface area contributed by atoms with Crippen molar-refractivity contribution in [2.24, 2.45) is 7.05 Å². The van der Waals surface area contributed by atoms with Crippen LogP contribution in [0.4, 0.5) is 5.95 Å². The molecule has 0 amide bonds. The van der Waals surface area contributed by atoms with Gasteiger partial charge in [-0.15, -0.1) is 24.8 Å². The molecule has 82 valence electrons. The molecule has 0 aromatic carbocycles. The highest BCUT2D eigenvalue weighted by atomic mass is 35.5. The predicted octanol–water partition coefficient (Wildman–Crippen LogP) is 2.25. The molecule has 1 aromatic heterocycles. The number of hydrogen-bond donors (Lipinski definition) is 0. The van der Waals surface area contributed by atoms with Crippen LogP contribution in [-0.4, -0.2) is 22.6 Å². The van der Waals surface area contributed by atoms with E-state index in [4.69, 9.17) is 0 Å². The monoisotopic (exact) mass is 237 g/mol. The summed E-state index contributed by atoms with van der Waals surface area (Å²) in [6.45, 7) is 2.34. The molecule has 1 aliphatic heterocycles. The SMILES string of the molecule is Cl.Cl.Cn1ccnc1N1CCCCC1. The summed E-state index contributed by atoms with van der Waals surface area (Å²) < 4.78 is 2.09. The van der Waals surface area contributed by atoms with Crippen molar-refractivity contribution in [3.8, 4) is 0 Å². The zero-order valence-electron chi connectivity index (χ0n) is 8.35. The van der Waals surface area contributed by atoms with Crippen molar-refractivity contribution in [3.63, 3.8) is 0 Å². The Morgan fingerprint density at radius 1 is 1.14 bits per heavy atom. The summed E-state index contributed by atoms with van der Waals surface area (Å²) >= 11 is 0. The summed E-state index contributed by atoms with van der Waals surface area (Å²) in [4.78, 5) is 6.69. The molecule has 2 rings (SSSR count). The highest BCUT2D eigenvalue weighted by Crippen LogP contribution is 2.16. The molecule has 0 radical (unpaired) electrons. The van der Waals surface area contributed by atoms with E-state index < -0.39 is 0 Å². The number of imidazole rings is 1. The lowest BCUT2D eigenvalue weighted by Gasteiger charge is -2.27. The van der Waals surface area contributed by atoms with Gasteiger partial charge in [-0.05, 0) is 19.3 Å². The van der Waals surface area contributed by atoms with Crippen molar-refractivity contribution in [1.29, 1.82) is 0 Å². The molecular formula is C9H17Cl2N3. The molecule has 2 heterocycles. The van der Waals surface area contributed by atoms with Gasteiger partial charge in [0, 0.05) is 32.5 Å². The smallest absolute Gasteiger partial charge is 0.205 e. The van der Waals surface area contributed by atoms with E-state index in [1.54, 1.807) is 0 Å². The van der Waals surface area contributed by atoms with E-state index in [2.05, 4.69) is 21.5 Å². The van der Waals surface area contributed by atoms with Crippen LogP contribution in [0.25, 0.3) is 0 Å². The summed E-state index contributed by atoms with van der Waals surface area (Å²) in [6.07, 6.45) is 7.87. The van der Waals surface area contributed by atoms with E-state index in [1.165, 1.54) is 32.4 Å². The third kappa shape index (κ3) is 2.79. The number of piperidine rings is 1. The number of rotatable bonds is 1. The zero-order chi connectivity index (χ0) is 8.39. The minimum atomic E-state index is 0. The van der Waals surface area contributed by atoms with Gasteiger partial charge >= 0.3 is 0 Å². The third-order valence-corrected chi connectivity index (χ3v) is 2.43. The van der Waals surface area contributed by atoms with Gasteiger partial charge in [0.1, 0.15) is 0 Å². The molecule has 0 N–H and O–H groups in total. The van der Waals surface area contributed by atoms with Gasteiger partial charge in [0.05, 0.1) is 0 Å². The zero-order valence-corrected chi connectivity index (χ0v) is 9.98. The van der Waals surface area contributed by atoms with Crippen LogP contribution in [0.1, 0.15) is 19.3 Å². The molecule has 0 atom stereocenters. The van der Waals surface area contributed by atoms with E-state index in [1.807, 2.05) is 12.4 Å². The van der Waals surface area contributed by atoms with Crippen molar-refractivity contribution in [2.75, 3.05) is 18.0 Å². The average molecular weight is 238 g/mol. The minimum Gasteiger partial charge on any atom is -0.342 e. The first-order chi connectivity index (χ1) is 5.88. The second-order valence-corrected chi connectivity index (χ2v) is 3.39. The molecule has 0 bridgehead atoms. The Labute approximate surface area is 97.3 Å². The Balaban J connectivity index is 0.000000845. The van der Waals surface area contributed by atoms with Crippen LogP contribution in [-0.2, 0) is 7.05 Å². The molecule has 0 aliphatic carbocycles. The molecular weight excluding hydrogens is 221 g/mol. The number of anilines is 1. The van der Waals surface area contributed by atoms with Gasteiger partial charge in [-0.3, -0.25) is 0 Å². The summed E-state index contributed by atoms with van der Waals surface area (Å²) in [5.74, 6) is 1.12. The third-order valence-electron chi connectivity index (χ3n) is 2.43. The first-order valence-electron chi connectivity index (χ1n) is 4.60. The van der Waals surface area contributed by atoms with Gasteiger partial charge in [0.15, 0.2) is 0 Å². The molecule has 0 unspecified atom stereocenters. The number of nitrogens with zero attached hydrogens (tertiary/aromatic N) is 3. The quantitative estimate of drug-likeness (QED) is 0.748. The Bertz CT molecular complexity index is 256. The van der Waals surface area contributed by atoms with Gasteiger partial charge in [-0.25, -0.2) is 4.98 Å². The van der Waals surface area contributed by atoms with Crippen molar-refractivity contribution in [3.05, 3.63) is 12.4 Å². The lowest BCUT2D eigenvalue weighted by Crippen LogP contribution is -2.31. The largest absolute Gasteiger partial charge is 0.342 e. The molecule has 1 aliphatic rings. The standard InChI is InChI=1S/C9H15N3.2ClH/c1-11-8-5-10-9(11)12-6-3-2-4-7-12;;/h5,8H,2-4,6-7H2,1H3;2*1H. The van der Waals surface area contributed by atoms with Gasteiger partial charge in [-0.1, -0.05) is 0 Å². The van der Waals surface area contributed by atoms with Crippen LogP contribution >= 0.6 is 24.8 Å². The minimum absolute atomic E-state index is 0. The highest BCUT2D eigenvalue weighted by Gasteiger charge is 2.13. The fourth-order valence-electron chi connectivity index (χ4n) is 1.76. The Hall–Kier alpha value is -0.410. The summed E-state index contributed by atoms with van der Waals surface area (Å²) in [5, 5.41) is 0. The van der Waals surface area contributed by atoms with Gasteiger partial charge in [0.2, 0.25) is 5.95 Å².